The van der Waals surface area contributed by atoms with E-state index in [-0.39, 0.29) is 36.6 Å². The van der Waals surface area contributed by atoms with E-state index in [1.807, 2.05) is 49.4 Å². The Balaban J connectivity index is 0.00000385. The van der Waals surface area contributed by atoms with Crippen LogP contribution in [0.15, 0.2) is 47.5 Å². The fourth-order valence-corrected chi connectivity index (χ4v) is 3.73. The maximum Gasteiger partial charge on any atom is 0.191 e. The highest BCUT2D eigenvalue weighted by Gasteiger charge is 2.24. The number of halogens is 1. The minimum absolute atomic E-state index is 0. The smallest absolute Gasteiger partial charge is 0.191 e. The lowest BCUT2D eigenvalue weighted by molar-refractivity contribution is 0.186. The number of benzene rings is 2. The van der Waals surface area contributed by atoms with E-state index in [1.165, 1.54) is 0 Å². The number of methoxy groups -OCH3 is 3. The van der Waals surface area contributed by atoms with Crippen molar-refractivity contribution in [1.29, 1.82) is 0 Å². The zero-order valence-electron chi connectivity index (χ0n) is 19.7. The minimum atomic E-state index is -0.704. The van der Waals surface area contributed by atoms with Crippen LogP contribution in [0.1, 0.15) is 25.0 Å². The van der Waals surface area contributed by atoms with Crippen molar-refractivity contribution in [3.05, 3.63) is 48.0 Å². The highest BCUT2D eigenvalue weighted by molar-refractivity contribution is 14.0. The molecule has 3 rings (SSSR count). The molecule has 0 radical (unpaired) electrons. The van der Waals surface area contributed by atoms with Crippen LogP contribution >= 0.6 is 24.0 Å². The number of anilines is 1. The summed E-state index contributed by atoms with van der Waals surface area (Å²) in [5.41, 5.74) is 1.85. The summed E-state index contributed by atoms with van der Waals surface area (Å²) in [4.78, 5) is 6.91. The molecule has 1 fully saturated rings. The Morgan fingerprint density at radius 1 is 1.09 bits per heavy atom. The first kappa shape index (κ1) is 26.8. The molecule has 0 bridgehead atoms. The molecule has 33 heavy (non-hydrogen) atoms. The molecule has 9 heteroatoms. The van der Waals surface area contributed by atoms with Crippen molar-refractivity contribution in [2.75, 3.05) is 52.4 Å². The van der Waals surface area contributed by atoms with Gasteiger partial charge in [-0.3, -0.25) is 4.99 Å². The van der Waals surface area contributed by atoms with Crippen molar-refractivity contribution >= 4 is 35.6 Å². The maximum atomic E-state index is 10.6. The molecule has 3 N–H and O–H groups in total. The van der Waals surface area contributed by atoms with Gasteiger partial charge in [0.25, 0.3) is 0 Å². The van der Waals surface area contributed by atoms with Crippen molar-refractivity contribution < 1.29 is 19.3 Å². The summed E-state index contributed by atoms with van der Waals surface area (Å²) in [5, 5.41) is 17.3. The van der Waals surface area contributed by atoms with E-state index in [1.54, 1.807) is 21.3 Å². The first-order chi connectivity index (χ1) is 15.6. The second-order valence-corrected chi connectivity index (χ2v) is 7.66. The number of aliphatic imine (C=N–C) groups is 1. The lowest BCUT2D eigenvalue weighted by Gasteiger charge is -2.21. The van der Waals surface area contributed by atoms with Gasteiger partial charge in [0, 0.05) is 49.6 Å². The lowest BCUT2D eigenvalue weighted by atomic mass is 10.1. The lowest BCUT2D eigenvalue weighted by Crippen LogP contribution is -2.44. The molecule has 2 aromatic rings. The van der Waals surface area contributed by atoms with Crippen molar-refractivity contribution in [1.82, 2.24) is 10.6 Å². The number of aliphatic hydroxyl groups excluding tert-OH is 1. The quantitative estimate of drug-likeness (QED) is 0.243. The second-order valence-electron chi connectivity index (χ2n) is 7.66. The van der Waals surface area contributed by atoms with Gasteiger partial charge in [-0.25, -0.2) is 0 Å². The Labute approximate surface area is 213 Å². The predicted molar refractivity (Wildman–Crippen MR) is 143 cm³/mol. The molecular weight excluding hydrogens is 535 g/mol. The number of aliphatic hydroxyl groups is 1. The summed E-state index contributed by atoms with van der Waals surface area (Å²) in [5.74, 6) is 2.97. The average Bonchev–Trinajstić information content (AvgIpc) is 3.30. The molecular formula is C24H35IN4O4. The summed E-state index contributed by atoms with van der Waals surface area (Å²) < 4.78 is 16.0. The molecule has 2 unspecified atom stereocenters. The minimum Gasteiger partial charge on any atom is -0.497 e. The van der Waals surface area contributed by atoms with Crippen molar-refractivity contribution in [2.45, 2.75) is 25.5 Å². The Bertz CT molecular complexity index is 890. The van der Waals surface area contributed by atoms with E-state index < -0.39 is 6.10 Å². The molecule has 0 aromatic heterocycles. The number of rotatable bonds is 9. The van der Waals surface area contributed by atoms with Crippen LogP contribution < -0.4 is 29.7 Å². The third kappa shape index (κ3) is 7.56. The van der Waals surface area contributed by atoms with Crippen LogP contribution in [-0.2, 0) is 0 Å². The first-order valence-corrected chi connectivity index (χ1v) is 10.9. The van der Waals surface area contributed by atoms with E-state index in [0.717, 1.165) is 54.6 Å². The van der Waals surface area contributed by atoms with Gasteiger partial charge >= 0.3 is 0 Å². The van der Waals surface area contributed by atoms with Crippen LogP contribution in [0.2, 0.25) is 0 Å². The van der Waals surface area contributed by atoms with Gasteiger partial charge in [0.1, 0.15) is 17.2 Å². The average molecular weight is 570 g/mol. The summed E-state index contributed by atoms with van der Waals surface area (Å²) >= 11 is 0. The van der Waals surface area contributed by atoms with Crippen LogP contribution in [0.25, 0.3) is 0 Å². The monoisotopic (exact) mass is 570 g/mol. The third-order valence-electron chi connectivity index (χ3n) is 5.48. The Kier molecular flexibility index (Phi) is 10.9. The number of guanidine groups is 1. The molecule has 0 amide bonds. The van der Waals surface area contributed by atoms with Crippen LogP contribution in [0.4, 0.5) is 5.69 Å². The van der Waals surface area contributed by atoms with E-state index in [2.05, 4.69) is 20.5 Å². The van der Waals surface area contributed by atoms with Gasteiger partial charge in [-0.05, 0) is 31.0 Å². The molecule has 2 atom stereocenters. The SMILES string of the molecule is CCNC(=NCC(O)c1cccc(OC)c1)NC1CCN(c2cc(OC)cc(OC)c2)C1.I. The molecule has 0 saturated carbocycles. The van der Waals surface area contributed by atoms with Crippen molar-refractivity contribution in [3.63, 3.8) is 0 Å². The van der Waals surface area contributed by atoms with Crippen LogP contribution in [0.3, 0.4) is 0 Å². The summed E-state index contributed by atoms with van der Waals surface area (Å²) in [7, 11) is 4.93. The highest BCUT2D eigenvalue weighted by atomic mass is 127. The van der Waals surface area contributed by atoms with E-state index >= 15 is 0 Å². The molecule has 1 aliphatic heterocycles. The second kappa shape index (κ2) is 13.3. The van der Waals surface area contributed by atoms with Crippen molar-refractivity contribution in [3.8, 4) is 17.2 Å². The molecule has 2 aromatic carbocycles. The maximum absolute atomic E-state index is 10.6. The topological polar surface area (TPSA) is 87.6 Å². The van der Waals surface area contributed by atoms with Crippen molar-refractivity contribution in [2.24, 2.45) is 4.99 Å². The molecule has 1 aliphatic rings. The fourth-order valence-electron chi connectivity index (χ4n) is 3.73. The van der Waals surface area contributed by atoms with Gasteiger partial charge in [0.15, 0.2) is 5.96 Å². The van der Waals surface area contributed by atoms with Crippen LogP contribution in [0.5, 0.6) is 17.2 Å². The summed E-state index contributed by atoms with van der Waals surface area (Å²) in [6.45, 7) is 4.77. The zero-order chi connectivity index (χ0) is 22.9. The fraction of sp³-hybridized carbons (Fsp3) is 0.458. The molecule has 1 heterocycles. The summed E-state index contributed by atoms with van der Waals surface area (Å²) in [6.07, 6.45) is 0.271. The third-order valence-corrected chi connectivity index (χ3v) is 5.48. The van der Waals surface area contributed by atoms with Gasteiger partial charge in [-0.2, -0.15) is 0 Å². The number of nitrogens with one attached hydrogen (secondary N) is 2. The zero-order valence-corrected chi connectivity index (χ0v) is 22.0. The molecule has 8 nitrogen and oxygen atoms in total. The van der Waals surface area contributed by atoms with Gasteiger partial charge in [-0.15, -0.1) is 24.0 Å². The molecule has 1 saturated heterocycles. The molecule has 0 spiro atoms. The Morgan fingerprint density at radius 3 is 2.42 bits per heavy atom. The van der Waals surface area contributed by atoms with Crippen LogP contribution in [0, 0.1) is 0 Å². The normalized spacial score (nSPS) is 16.6. The van der Waals surface area contributed by atoms with Gasteiger partial charge in [-0.1, -0.05) is 12.1 Å². The van der Waals surface area contributed by atoms with Gasteiger partial charge in [0.05, 0.1) is 34.0 Å². The summed E-state index contributed by atoms with van der Waals surface area (Å²) in [6, 6.07) is 13.6. The Hall–Kier alpha value is -2.40. The van der Waals surface area contributed by atoms with E-state index in [4.69, 9.17) is 14.2 Å². The highest BCUT2D eigenvalue weighted by Crippen LogP contribution is 2.30. The van der Waals surface area contributed by atoms with Gasteiger partial charge in [0.2, 0.25) is 0 Å². The predicted octanol–water partition coefficient (Wildman–Crippen LogP) is 3.20. The van der Waals surface area contributed by atoms with Crippen LogP contribution in [-0.4, -0.2) is 64.6 Å². The number of nitrogens with zero attached hydrogens (tertiary/aromatic N) is 2. The first-order valence-electron chi connectivity index (χ1n) is 10.9. The largest absolute Gasteiger partial charge is 0.497 e. The molecule has 0 aliphatic carbocycles. The standard InChI is InChI=1S/C24H34N4O4.HI/c1-5-25-24(26-15-23(29)17-7-6-8-20(11-17)30-2)27-18-9-10-28(16-18)19-12-21(31-3)14-22(13-19)32-4;/h6-8,11-14,18,23,29H,5,9-10,15-16H2,1-4H3,(H2,25,26,27);1H. The number of ether oxygens (including phenoxy) is 3. The molecule has 182 valence electrons. The van der Waals surface area contributed by atoms with E-state index in [9.17, 15) is 5.11 Å². The Morgan fingerprint density at radius 2 is 1.79 bits per heavy atom. The number of hydrogen-bond donors (Lipinski definition) is 3. The number of hydrogen-bond acceptors (Lipinski definition) is 6. The van der Waals surface area contributed by atoms with Gasteiger partial charge < -0.3 is 34.9 Å². The van der Waals surface area contributed by atoms with E-state index in [0.29, 0.717) is 5.96 Å².